The van der Waals surface area contributed by atoms with Crippen LogP contribution in [0.3, 0.4) is 0 Å². The summed E-state index contributed by atoms with van der Waals surface area (Å²) in [5, 5.41) is 14.9. The molecule has 1 aliphatic heterocycles. The Morgan fingerprint density at radius 3 is 2.47 bits per heavy atom. The molecule has 2 heterocycles. The van der Waals surface area contributed by atoms with Crippen LogP contribution in [0.25, 0.3) is 0 Å². The van der Waals surface area contributed by atoms with Crippen LogP contribution in [0.2, 0.25) is 0 Å². The smallest absolute Gasteiger partial charge is 0.384 e. The van der Waals surface area contributed by atoms with E-state index in [-0.39, 0.29) is 30.5 Å². The second-order valence-electron chi connectivity index (χ2n) is 11.9. The van der Waals surface area contributed by atoms with Crippen LogP contribution in [0.1, 0.15) is 81.2 Å². The van der Waals surface area contributed by atoms with E-state index in [1.807, 2.05) is 18.2 Å². The van der Waals surface area contributed by atoms with Gasteiger partial charge in [0.25, 0.3) is 0 Å². The molecule has 2 unspecified atom stereocenters. The molecule has 2 saturated carbocycles. The highest BCUT2D eigenvalue weighted by Crippen LogP contribution is 2.47. The fourth-order valence-corrected chi connectivity index (χ4v) is 6.89. The van der Waals surface area contributed by atoms with Gasteiger partial charge in [-0.1, -0.05) is 26.0 Å². The summed E-state index contributed by atoms with van der Waals surface area (Å²) in [6, 6.07) is 10.0. The van der Waals surface area contributed by atoms with E-state index in [9.17, 15) is 23.1 Å². The molecule has 0 spiro atoms. The molecule has 38 heavy (non-hydrogen) atoms. The number of halogens is 3. The Labute approximate surface area is 222 Å². The van der Waals surface area contributed by atoms with Crippen LogP contribution in [-0.2, 0) is 29.5 Å². The van der Waals surface area contributed by atoms with E-state index in [2.05, 4.69) is 24.1 Å². The second kappa shape index (κ2) is 10.3. The first-order valence-corrected chi connectivity index (χ1v) is 13.9. The lowest BCUT2D eigenvalue weighted by Crippen LogP contribution is -2.49. The van der Waals surface area contributed by atoms with Crippen molar-refractivity contribution in [1.82, 2.24) is 15.2 Å². The third-order valence-corrected chi connectivity index (χ3v) is 9.34. The van der Waals surface area contributed by atoms with Crippen LogP contribution < -0.4 is 5.32 Å². The quantitative estimate of drug-likeness (QED) is 0.529. The van der Waals surface area contributed by atoms with Gasteiger partial charge in [-0.2, -0.15) is 13.2 Å². The number of aromatic nitrogens is 1. The van der Waals surface area contributed by atoms with Crippen molar-refractivity contribution in [2.24, 2.45) is 11.3 Å². The number of rotatable bonds is 5. The number of benzene rings is 1. The Hall–Kier alpha value is -2.45. The number of nitrogens with one attached hydrogen (secondary N) is 1. The number of alkyl halides is 3. The summed E-state index contributed by atoms with van der Waals surface area (Å²) >= 11 is 0. The Balaban J connectivity index is 1.23. The van der Waals surface area contributed by atoms with Gasteiger partial charge in [-0.15, -0.1) is 0 Å². The van der Waals surface area contributed by atoms with E-state index in [0.29, 0.717) is 31.4 Å². The van der Waals surface area contributed by atoms with Gasteiger partial charge in [0, 0.05) is 31.4 Å². The van der Waals surface area contributed by atoms with Crippen LogP contribution in [0.4, 0.5) is 13.2 Å². The SMILES string of the molecule is CC(C)C1(C(=O)N2CCc3ccc(C(F)(F)F)cc3C2)CCC(NC2CCC(O)(c3ccccn3)CC2)C1. The maximum Gasteiger partial charge on any atom is 0.416 e. The molecule has 2 atom stereocenters. The van der Waals surface area contributed by atoms with Crippen molar-refractivity contribution in [3.8, 4) is 0 Å². The first kappa shape index (κ1) is 27.1. The van der Waals surface area contributed by atoms with Crippen LogP contribution in [0.15, 0.2) is 42.6 Å². The zero-order chi connectivity index (χ0) is 27.1. The summed E-state index contributed by atoms with van der Waals surface area (Å²) < 4.78 is 39.9. The lowest BCUT2D eigenvalue weighted by molar-refractivity contribution is -0.145. The average molecular weight is 530 g/mol. The van der Waals surface area contributed by atoms with Gasteiger partial charge in [0.1, 0.15) is 5.60 Å². The molecule has 5 rings (SSSR count). The predicted octanol–water partition coefficient (Wildman–Crippen LogP) is 5.60. The Morgan fingerprint density at radius 2 is 1.82 bits per heavy atom. The van der Waals surface area contributed by atoms with Crippen LogP contribution in [0.5, 0.6) is 0 Å². The van der Waals surface area contributed by atoms with Crippen molar-refractivity contribution in [1.29, 1.82) is 0 Å². The molecule has 8 heteroatoms. The first-order chi connectivity index (χ1) is 18.0. The molecule has 0 bridgehead atoms. The van der Waals surface area contributed by atoms with Gasteiger partial charge >= 0.3 is 6.18 Å². The van der Waals surface area contributed by atoms with Crippen LogP contribution in [-0.4, -0.2) is 39.5 Å². The molecule has 1 aromatic heterocycles. The van der Waals surface area contributed by atoms with Gasteiger partial charge in [-0.25, -0.2) is 0 Å². The number of carbonyl (C=O) groups excluding carboxylic acids is 1. The molecular formula is C30H38F3N3O2. The maximum atomic E-state index is 14.0. The summed E-state index contributed by atoms with van der Waals surface area (Å²) in [6.45, 7) is 4.96. The topological polar surface area (TPSA) is 65.5 Å². The number of aliphatic hydroxyl groups is 1. The number of nitrogens with zero attached hydrogens (tertiary/aromatic N) is 2. The van der Waals surface area contributed by atoms with Crippen molar-refractivity contribution in [2.45, 2.75) is 95.6 Å². The number of amides is 1. The molecular weight excluding hydrogens is 491 g/mol. The molecule has 2 aromatic rings. The van der Waals surface area contributed by atoms with Crippen LogP contribution >= 0.6 is 0 Å². The molecule has 2 N–H and O–H groups in total. The molecule has 2 fully saturated rings. The largest absolute Gasteiger partial charge is 0.416 e. The first-order valence-electron chi connectivity index (χ1n) is 13.9. The monoisotopic (exact) mass is 529 g/mol. The minimum Gasteiger partial charge on any atom is -0.384 e. The highest BCUT2D eigenvalue weighted by molar-refractivity contribution is 5.84. The van der Waals surface area contributed by atoms with E-state index in [0.717, 1.165) is 49.4 Å². The van der Waals surface area contributed by atoms with Gasteiger partial charge in [-0.05, 0) is 92.7 Å². The number of hydrogen-bond acceptors (Lipinski definition) is 4. The standard InChI is InChI=1S/C30H38F3N3O2/c1-20(2)28(27(37)36-16-11-21-6-7-23(30(31,32)33)17-22(21)19-36)12-8-25(18-28)35-24-9-13-29(38,14-10-24)26-5-3-4-15-34-26/h3-7,15,17,20,24-25,35,38H,8-14,16,18-19H2,1-2H3. The summed E-state index contributed by atoms with van der Waals surface area (Å²) in [6.07, 6.45) is 3.29. The van der Waals surface area contributed by atoms with Gasteiger partial charge < -0.3 is 15.3 Å². The molecule has 3 aliphatic rings. The van der Waals surface area contributed by atoms with Gasteiger partial charge in [-0.3, -0.25) is 9.78 Å². The maximum absolute atomic E-state index is 14.0. The van der Waals surface area contributed by atoms with Crippen molar-refractivity contribution in [3.63, 3.8) is 0 Å². The molecule has 2 aliphatic carbocycles. The zero-order valence-corrected chi connectivity index (χ0v) is 22.2. The lowest BCUT2D eigenvalue weighted by Gasteiger charge is -2.40. The Kier molecular flexibility index (Phi) is 7.33. The normalized spacial score (nSPS) is 29.9. The fraction of sp³-hybridized carbons (Fsp3) is 0.600. The van der Waals surface area contributed by atoms with E-state index in [1.54, 1.807) is 17.2 Å². The fourth-order valence-electron chi connectivity index (χ4n) is 6.89. The van der Waals surface area contributed by atoms with Gasteiger partial charge in [0.2, 0.25) is 5.91 Å². The predicted molar refractivity (Wildman–Crippen MR) is 139 cm³/mol. The average Bonchev–Trinajstić information content (AvgIpc) is 3.34. The van der Waals surface area contributed by atoms with E-state index in [1.165, 1.54) is 6.07 Å². The van der Waals surface area contributed by atoms with Gasteiger partial charge in [0.05, 0.1) is 16.7 Å². The van der Waals surface area contributed by atoms with E-state index < -0.39 is 22.8 Å². The molecule has 206 valence electrons. The summed E-state index contributed by atoms with van der Waals surface area (Å²) in [4.78, 5) is 20.1. The van der Waals surface area contributed by atoms with Crippen LogP contribution in [0, 0.1) is 11.3 Å². The highest BCUT2D eigenvalue weighted by atomic mass is 19.4. The molecule has 0 saturated heterocycles. The third kappa shape index (κ3) is 5.22. The summed E-state index contributed by atoms with van der Waals surface area (Å²) in [7, 11) is 0. The third-order valence-electron chi connectivity index (χ3n) is 9.34. The second-order valence-corrected chi connectivity index (χ2v) is 11.9. The van der Waals surface area contributed by atoms with Gasteiger partial charge in [0.15, 0.2) is 0 Å². The van der Waals surface area contributed by atoms with Crippen molar-refractivity contribution < 1.29 is 23.1 Å². The summed E-state index contributed by atoms with van der Waals surface area (Å²) in [5.41, 5.74) is 0.178. The minimum atomic E-state index is -4.39. The van der Waals surface area contributed by atoms with Crippen molar-refractivity contribution in [2.75, 3.05) is 6.54 Å². The van der Waals surface area contributed by atoms with E-state index >= 15 is 0 Å². The molecule has 1 aromatic carbocycles. The Morgan fingerprint density at radius 1 is 1.08 bits per heavy atom. The summed E-state index contributed by atoms with van der Waals surface area (Å²) in [5.74, 6) is 0.207. The number of fused-ring (bicyclic) bond motifs is 1. The van der Waals surface area contributed by atoms with Crippen molar-refractivity contribution in [3.05, 3.63) is 65.0 Å². The number of carbonyl (C=O) groups is 1. The van der Waals surface area contributed by atoms with E-state index in [4.69, 9.17) is 0 Å². The van der Waals surface area contributed by atoms with Crippen molar-refractivity contribution >= 4 is 5.91 Å². The lowest BCUT2D eigenvalue weighted by atomic mass is 9.73. The Bertz CT molecular complexity index is 1150. The zero-order valence-electron chi connectivity index (χ0n) is 22.2. The number of pyridine rings is 1. The molecule has 5 nitrogen and oxygen atoms in total. The molecule has 0 radical (unpaired) electrons. The molecule has 1 amide bonds. The minimum absolute atomic E-state index is 0.0769. The highest BCUT2D eigenvalue weighted by Gasteiger charge is 2.50. The number of hydrogen-bond donors (Lipinski definition) is 2.